The van der Waals surface area contributed by atoms with E-state index in [0.717, 1.165) is 18.8 Å². The summed E-state index contributed by atoms with van der Waals surface area (Å²) >= 11 is 6.13. The Hall–Kier alpha value is -0.970. The number of hydrogen-bond donors (Lipinski definition) is 2. The van der Waals surface area contributed by atoms with Crippen LogP contribution in [0.1, 0.15) is 12.8 Å². The molecule has 1 saturated heterocycles. The van der Waals surface area contributed by atoms with Gasteiger partial charge in [-0.15, -0.1) is 24.0 Å². The van der Waals surface area contributed by atoms with Gasteiger partial charge in [-0.3, -0.25) is 4.99 Å². The molecule has 0 aliphatic carbocycles. The molecule has 1 aliphatic rings. The van der Waals surface area contributed by atoms with E-state index in [9.17, 15) is 13.2 Å². The molecule has 1 aromatic rings. The van der Waals surface area contributed by atoms with Crippen LogP contribution in [0.3, 0.4) is 0 Å². The highest BCUT2D eigenvalue weighted by molar-refractivity contribution is 14.0. The SMILES string of the molecule is CN=C(NCCC(F)(F)F)NC1CCN(c2ncccc2Cl)C1.I. The summed E-state index contributed by atoms with van der Waals surface area (Å²) in [4.78, 5) is 10.3. The molecule has 2 rings (SSSR count). The molecule has 0 radical (unpaired) electrons. The zero-order chi connectivity index (χ0) is 16.9. The van der Waals surface area contributed by atoms with Gasteiger partial charge in [-0.1, -0.05) is 11.6 Å². The predicted molar refractivity (Wildman–Crippen MR) is 100 cm³/mol. The quantitative estimate of drug-likeness (QED) is 0.398. The first kappa shape index (κ1) is 21.1. The molecular weight excluding hydrogens is 458 g/mol. The largest absolute Gasteiger partial charge is 0.390 e. The first-order valence-corrected chi connectivity index (χ1v) is 7.66. The van der Waals surface area contributed by atoms with Crippen molar-refractivity contribution in [2.45, 2.75) is 25.1 Å². The minimum atomic E-state index is -4.17. The van der Waals surface area contributed by atoms with Crippen LogP contribution in [0.15, 0.2) is 23.3 Å². The Morgan fingerprint density at radius 3 is 2.88 bits per heavy atom. The zero-order valence-electron chi connectivity index (χ0n) is 13.1. The number of halogens is 5. The molecule has 1 aromatic heterocycles. The van der Waals surface area contributed by atoms with E-state index in [1.165, 1.54) is 7.05 Å². The molecule has 10 heteroatoms. The highest BCUT2D eigenvalue weighted by atomic mass is 127. The standard InChI is InChI=1S/C14H19ClF3N5.HI/c1-19-13(21-7-5-14(16,17)18)22-10-4-8-23(9-10)12-11(15)3-2-6-20-12;/h2-3,6,10H,4-5,7-9H2,1H3,(H2,19,21,22);1H. The number of aromatic nitrogens is 1. The minimum absolute atomic E-state index is 0. The Kier molecular flexibility index (Phi) is 8.34. The number of nitrogens with one attached hydrogen (secondary N) is 2. The van der Waals surface area contributed by atoms with Gasteiger partial charge in [0.15, 0.2) is 5.96 Å². The third-order valence-electron chi connectivity index (χ3n) is 3.49. The van der Waals surface area contributed by atoms with E-state index in [2.05, 4.69) is 20.6 Å². The van der Waals surface area contributed by atoms with Crippen LogP contribution in [-0.2, 0) is 0 Å². The van der Waals surface area contributed by atoms with Gasteiger partial charge in [-0.2, -0.15) is 13.2 Å². The molecule has 5 nitrogen and oxygen atoms in total. The summed E-state index contributed by atoms with van der Waals surface area (Å²) in [5.74, 6) is 1.09. The van der Waals surface area contributed by atoms with Gasteiger partial charge < -0.3 is 15.5 Å². The zero-order valence-corrected chi connectivity index (χ0v) is 16.2. The number of alkyl halides is 3. The van der Waals surface area contributed by atoms with Gasteiger partial charge in [0.1, 0.15) is 5.82 Å². The average molecular weight is 478 g/mol. The van der Waals surface area contributed by atoms with E-state index in [-0.39, 0.29) is 36.6 Å². The van der Waals surface area contributed by atoms with Crippen LogP contribution in [0.2, 0.25) is 5.02 Å². The van der Waals surface area contributed by atoms with E-state index in [1.807, 2.05) is 4.90 Å². The number of guanidine groups is 1. The Morgan fingerprint density at radius 2 is 2.25 bits per heavy atom. The molecule has 1 atom stereocenters. The maximum absolute atomic E-state index is 12.2. The number of aliphatic imine (C=N–C) groups is 1. The van der Waals surface area contributed by atoms with Crippen molar-refractivity contribution >= 4 is 47.4 Å². The van der Waals surface area contributed by atoms with E-state index in [0.29, 0.717) is 17.5 Å². The van der Waals surface area contributed by atoms with Crippen LogP contribution >= 0.6 is 35.6 Å². The molecule has 2 N–H and O–H groups in total. The lowest BCUT2D eigenvalue weighted by molar-refractivity contribution is -0.132. The van der Waals surface area contributed by atoms with E-state index >= 15 is 0 Å². The first-order chi connectivity index (χ1) is 10.9. The molecule has 24 heavy (non-hydrogen) atoms. The summed E-state index contributed by atoms with van der Waals surface area (Å²) < 4.78 is 36.5. The van der Waals surface area contributed by atoms with Crippen LogP contribution in [0, 0.1) is 0 Å². The van der Waals surface area contributed by atoms with Crippen LogP contribution in [-0.4, -0.2) is 49.8 Å². The van der Waals surface area contributed by atoms with Gasteiger partial charge in [0.25, 0.3) is 0 Å². The Balaban J connectivity index is 0.00000288. The lowest BCUT2D eigenvalue weighted by atomic mass is 10.3. The Bertz CT molecular complexity index is 555. The molecular formula is C14H20ClF3IN5. The first-order valence-electron chi connectivity index (χ1n) is 7.28. The maximum Gasteiger partial charge on any atom is 0.390 e. The third-order valence-corrected chi connectivity index (χ3v) is 3.79. The van der Waals surface area contributed by atoms with E-state index in [4.69, 9.17) is 11.6 Å². The van der Waals surface area contributed by atoms with Crippen molar-refractivity contribution in [3.8, 4) is 0 Å². The van der Waals surface area contributed by atoms with Gasteiger partial charge in [0.05, 0.1) is 11.4 Å². The Labute approximate surface area is 161 Å². The summed E-state index contributed by atoms with van der Waals surface area (Å²) in [5, 5.41) is 6.39. The molecule has 0 aromatic carbocycles. The fourth-order valence-electron chi connectivity index (χ4n) is 2.39. The molecule has 0 saturated carbocycles. The second-order valence-electron chi connectivity index (χ2n) is 5.25. The van der Waals surface area contributed by atoms with Crippen LogP contribution < -0.4 is 15.5 Å². The number of hydrogen-bond acceptors (Lipinski definition) is 3. The molecule has 136 valence electrons. The summed E-state index contributed by atoms with van der Waals surface area (Å²) in [6.45, 7) is 1.23. The highest BCUT2D eigenvalue weighted by Gasteiger charge is 2.27. The van der Waals surface area contributed by atoms with Gasteiger partial charge >= 0.3 is 6.18 Å². The van der Waals surface area contributed by atoms with Gasteiger partial charge in [-0.25, -0.2) is 4.98 Å². The van der Waals surface area contributed by atoms with Crippen molar-refractivity contribution in [2.24, 2.45) is 4.99 Å². The highest BCUT2D eigenvalue weighted by Crippen LogP contribution is 2.25. The van der Waals surface area contributed by atoms with Crippen molar-refractivity contribution in [3.63, 3.8) is 0 Å². The fourth-order valence-corrected chi connectivity index (χ4v) is 2.63. The van der Waals surface area contributed by atoms with Crippen LogP contribution in [0.25, 0.3) is 0 Å². The summed E-state index contributed by atoms with van der Waals surface area (Å²) in [7, 11) is 1.53. The van der Waals surface area contributed by atoms with Crippen molar-refractivity contribution in [1.82, 2.24) is 15.6 Å². The number of rotatable bonds is 4. The molecule has 0 spiro atoms. The van der Waals surface area contributed by atoms with E-state index in [1.54, 1.807) is 18.3 Å². The summed E-state index contributed by atoms with van der Waals surface area (Å²) in [6.07, 6.45) is -2.56. The van der Waals surface area contributed by atoms with Gasteiger partial charge in [0.2, 0.25) is 0 Å². The van der Waals surface area contributed by atoms with Crippen molar-refractivity contribution < 1.29 is 13.2 Å². The van der Waals surface area contributed by atoms with Gasteiger partial charge in [0, 0.05) is 38.9 Å². The average Bonchev–Trinajstić information content (AvgIpc) is 2.93. The third kappa shape index (κ3) is 6.50. The van der Waals surface area contributed by atoms with Crippen molar-refractivity contribution in [2.75, 3.05) is 31.6 Å². The molecule has 0 amide bonds. The minimum Gasteiger partial charge on any atom is -0.356 e. The lowest BCUT2D eigenvalue weighted by Gasteiger charge is -2.20. The molecule has 2 heterocycles. The predicted octanol–water partition coefficient (Wildman–Crippen LogP) is 3.05. The monoisotopic (exact) mass is 477 g/mol. The van der Waals surface area contributed by atoms with Crippen LogP contribution in [0.5, 0.6) is 0 Å². The number of pyridine rings is 1. The Morgan fingerprint density at radius 1 is 1.50 bits per heavy atom. The second kappa shape index (κ2) is 9.50. The maximum atomic E-state index is 12.2. The van der Waals surface area contributed by atoms with E-state index < -0.39 is 12.6 Å². The van der Waals surface area contributed by atoms with Gasteiger partial charge in [-0.05, 0) is 18.6 Å². The normalized spacial score (nSPS) is 18.3. The van der Waals surface area contributed by atoms with Crippen LogP contribution in [0.4, 0.5) is 19.0 Å². The summed E-state index contributed by atoms with van der Waals surface area (Å²) in [5.41, 5.74) is 0. The fraction of sp³-hybridized carbons (Fsp3) is 0.571. The lowest BCUT2D eigenvalue weighted by Crippen LogP contribution is -2.45. The molecule has 1 unspecified atom stereocenters. The van der Waals surface area contributed by atoms with Crippen molar-refractivity contribution in [3.05, 3.63) is 23.4 Å². The molecule has 0 bridgehead atoms. The number of nitrogens with zero attached hydrogens (tertiary/aromatic N) is 3. The number of anilines is 1. The topological polar surface area (TPSA) is 52.6 Å². The second-order valence-corrected chi connectivity index (χ2v) is 5.66. The smallest absolute Gasteiger partial charge is 0.356 e. The summed E-state index contributed by atoms with van der Waals surface area (Å²) in [6, 6.07) is 3.62. The van der Waals surface area contributed by atoms with Crippen molar-refractivity contribution in [1.29, 1.82) is 0 Å². The molecule has 1 aliphatic heterocycles. The molecule has 1 fully saturated rings.